The van der Waals surface area contributed by atoms with Crippen LogP contribution in [0.25, 0.3) is 0 Å². The van der Waals surface area contributed by atoms with Crippen LogP contribution < -0.4 is 0 Å². The van der Waals surface area contributed by atoms with Crippen molar-refractivity contribution >= 4 is 0 Å². The molecule has 1 heterocycles. The zero-order valence-electron chi connectivity index (χ0n) is 12.1. The molecule has 2 unspecified atom stereocenters. The summed E-state index contributed by atoms with van der Waals surface area (Å²) in [6, 6.07) is 10.6. The number of benzene rings is 1. The monoisotopic (exact) mass is 258 g/mol. The van der Waals surface area contributed by atoms with Crippen molar-refractivity contribution in [2.24, 2.45) is 0 Å². The average Bonchev–Trinajstić information content (AvgIpc) is 2.44. The molecule has 0 saturated carbocycles. The molecule has 1 aliphatic heterocycles. The van der Waals surface area contributed by atoms with E-state index in [2.05, 4.69) is 43.8 Å². The molecule has 1 nitrogen and oxygen atoms in total. The van der Waals surface area contributed by atoms with E-state index in [1.165, 1.54) is 43.2 Å². The van der Waals surface area contributed by atoms with E-state index in [0.717, 1.165) is 12.8 Å². The van der Waals surface area contributed by atoms with Gasteiger partial charge in [0.25, 0.3) is 0 Å². The molecule has 1 heteroatoms. The van der Waals surface area contributed by atoms with Crippen LogP contribution in [0.1, 0.15) is 63.5 Å². The Labute approximate surface area is 117 Å². The summed E-state index contributed by atoms with van der Waals surface area (Å²) >= 11 is 0. The van der Waals surface area contributed by atoms with Gasteiger partial charge >= 0.3 is 0 Å². The van der Waals surface area contributed by atoms with E-state index in [9.17, 15) is 0 Å². The molecule has 0 aromatic heterocycles. The molecule has 1 aliphatic rings. The third kappa shape index (κ3) is 4.50. The Morgan fingerprint density at radius 1 is 1.11 bits per heavy atom. The Morgan fingerprint density at radius 3 is 2.63 bits per heavy atom. The second kappa shape index (κ2) is 7.49. The Bertz CT molecular complexity index is 382. The third-order valence-corrected chi connectivity index (χ3v) is 3.90. The van der Waals surface area contributed by atoms with Crippen molar-refractivity contribution in [2.75, 3.05) is 0 Å². The predicted molar refractivity (Wildman–Crippen MR) is 81.2 cm³/mol. The molecule has 104 valence electrons. The van der Waals surface area contributed by atoms with Crippen molar-refractivity contribution in [1.82, 2.24) is 0 Å². The molecule has 0 aliphatic carbocycles. The van der Waals surface area contributed by atoms with E-state index in [4.69, 9.17) is 4.74 Å². The maximum Gasteiger partial charge on any atom is 0.0865 e. The zero-order chi connectivity index (χ0) is 13.5. The van der Waals surface area contributed by atoms with Gasteiger partial charge in [-0.2, -0.15) is 0 Å². The molecule has 1 fully saturated rings. The van der Waals surface area contributed by atoms with E-state index in [1.807, 2.05) is 0 Å². The Morgan fingerprint density at radius 2 is 1.89 bits per heavy atom. The highest BCUT2D eigenvalue weighted by atomic mass is 16.5. The second-order valence-electron chi connectivity index (χ2n) is 5.67. The molecular weight excluding hydrogens is 232 g/mol. The Kier molecular flexibility index (Phi) is 5.65. The molecule has 2 atom stereocenters. The Balaban J connectivity index is 1.87. The average molecular weight is 258 g/mol. The highest BCUT2D eigenvalue weighted by molar-refractivity contribution is 5.20. The van der Waals surface area contributed by atoms with Crippen LogP contribution in [0.3, 0.4) is 0 Å². The first-order chi connectivity index (χ1) is 9.29. The molecule has 0 N–H and O–H groups in total. The molecule has 0 bridgehead atoms. The van der Waals surface area contributed by atoms with Gasteiger partial charge in [0.05, 0.1) is 12.2 Å². The van der Waals surface area contributed by atoms with Gasteiger partial charge in [-0.3, -0.25) is 0 Å². The Hall–Kier alpha value is -1.08. The molecule has 0 spiro atoms. The van der Waals surface area contributed by atoms with Gasteiger partial charge in [-0.15, -0.1) is 0 Å². The van der Waals surface area contributed by atoms with Crippen LogP contribution in [-0.4, -0.2) is 6.10 Å². The first-order valence-electron chi connectivity index (χ1n) is 7.66. The topological polar surface area (TPSA) is 9.23 Å². The molecule has 2 rings (SSSR count). The molecule has 1 aromatic carbocycles. The summed E-state index contributed by atoms with van der Waals surface area (Å²) in [6.07, 6.45) is 9.07. The van der Waals surface area contributed by atoms with Crippen LogP contribution in [0.15, 0.2) is 42.5 Å². The van der Waals surface area contributed by atoms with Gasteiger partial charge in [0.1, 0.15) is 0 Å². The van der Waals surface area contributed by atoms with Crippen molar-refractivity contribution < 1.29 is 4.74 Å². The minimum absolute atomic E-state index is 0.221. The number of hydrogen-bond acceptors (Lipinski definition) is 1. The fraction of sp³-hybridized carbons (Fsp3) is 0.556. The van der Waals surface area contributed by atoms with E-state index in [-0.39, 0.29) is 6.10 Å². The highest BCUT2D eigenvalue weighted by Gasteiger charge is 2.25. The first-order valence-corrected chi connectivity index (χ1v) is 7.66. The zero-order valence-corrected chi connectivity index (χ0v) is 12.1. The summed E-state index contributed by atoms with van der Waals surface area (Å²) in [5, 5.41) is 0. The summed E-state index contributed by atoms with van der Waals surface area (Å²) < 4.78 is 6.26. The summed E-state index contributed by atoms with van der Waals surface area (Å²) in [6.45, 7) is 6.46. The first kappa shape index (κ1) is 14.3. The number of ether oxygens (including phenoxy) is 1. The van der Waals surface area contributed by atoms with Gasteiger partial charge in [-0.1, -0.05) is 75.1 Å². The van der Waals surface area contributed by atoms with Crippen LogP contribution in [0, 0.1) is 0 Å². The highest BCUT2D eigenvalue weighted by Crippen LogP contribution is 2.35. The van der Waals surface area contributed by atoms with E-state index in [1.54, 1.807) is 0 Å². The lowest BCUT2D eigenvalue weighted by Crippen LogP contribution is -2.23. The summed E-state index contributed by atoms with van der Waals surface area (Å²) in [4.78, 5) is 0. The van der Waals surface area contributed by atoms with Crippen LogP contribution in [0.4, 0.5) is 0 Å². The minimum Gasteiger partial charge on any atom is -0.370 e. The number of rotatable bonds is 6. The minimum atomic E-state index is 0.221. The van der Waals surface area contributed by atoms with E-state index in [0.29, 0.717) is 6.10 Å². The fourth-order valence-electron chi connectivity index (χ4n) is 2.83. The standard InChI is InChI=1S/C18H26O/c1-3-4-5-9-12-17-13-15(2)14-18(19-17)16-10-7-6-8-11-16/h6-8,10-11,17-18H,2-5,9,12-14H2,1H3. The lowest BCUT2D eigenvalue weighted by Gasteiger charge is -2.32. The van der Waals surface area contributed by atoms with Gasteiger partial charge in [0, 0.05) is 0 Å². The van der Waals surface area contributed by atoms with Gasteiger partial charge < -0.3 is 4.74 Å². The number of unbranched alkanes of at least 4 members (excludes halogenated alkanes) is 3. The summed E-state index contributed by atoms with van der Waals surface area (Å²) in [5.41, 5.74) is 2.64. The van der Waals surface area contributed by atoms with Crippen LogP contribution in [-0.2, 0) is 4.74 Å². The molecule has 1 saturated heterocycles. The maximum absolute atomic E-state index is 6.26. The largest absolute Gasteiger partial charge is 0.370 e. The van der Waals surface area contributed by atoms with Crippen molar-refractivity contribution in [3.63, 3.8) is 0 Å². The van der Waals surface area contributed by atoms with Crippen molar-refractivity contribution in [2.45, 2.75) is 64.1 Å². The molecule has 19 heavy (non-hydrogen) atoms. The maximum atomic E-state index is 6.26. The van der Waals surface area contributed by atoms with Crippen molar-refractivity contribution in [3.05, 3.63) is 48.0 Å². The van der Waals surface area contributed by atoms with Gasteiger partial charge in [-0.05, 0) is 24.8 Å². The van der Waals surface area contributed by atoms with E-state index >= 15 is 0 Å². The molecule has 1 aromatic rings. The predicted octanol–water partition coefficient (Wildman–Crippen LogP) is 5.43. The van der Waals surface area contributed by atoms with Gasteiger partial charge in [-0.25, -0.2) is 0 Å². The van der Waals surface area contributed by atoms with Gasteiger partial charge in [0.2, 0.25) is 0 Å². The lowest BCUT2D eigenvalue weighted by molar-refractivity contribution is -0.0374. The fourth-order valence-corrected chi connectivity index (χ4v) is 2.83. The lowest BCUT2D eigenvalue weighted by atomic mass is 9.92. The third-order valence-electron chi connectivity index (χ3n) is 3.90. The second-order valence-corrected chi connectivity index (χ2v) is 5.67. The van der Waals surface area contributed by atoms with Crippen LogP contribution >= 0.6 is 0 Å². The van der Waals surface area contributed by atoms with Crippen LogP contribution in [0.5, 0.6) is 0 Å². The van der Waals surface area contributed by atoms with Crippen LogP contribution in [0.2, 0.25) is 0 Å². The van der Waals surface area contributed by atoms with Crippen molar-refractivity contribution in [1.29, 1.82) is 0 Å². The summed E-state index contributed by atoms with van der Waals surface area (Å²) in [5.74, 6) is 0. The number of hydrogen-bond donors (Lipinski definition) is 0. The molecule has 0 amide bonds. The molecule has 0 radical (unpaired) electrons. The quantitative estimate of drug-likeness (QED) is 0.488. The van der Waals surface area contributed by atoms with E-state index < -0.39 is 0 Å². The summed E-state index contributed by atoms with van der Waals surface area (Å²) in [7, 11) is 0. The van der Waals surface area contributed by atoms with Gasteiger partial charge in [0.15, 0.2) is 0 Å². The smallest absolute Gasteiger partial charge is 0.0865 e. The van der Waals surface area contributed by atoms with Crippen molar-refractivity contribution in [3.8, 4) is 0 Å². The SMILES string of the molecule is C=C1CC(CCCCCC)OC(c2ccccc2)C1. The normalized spacial score (nSPS) is 23.5. The molecular formula is C18H26O.